The van der Waals surface area contributed by atoms with Crippen molar-refractivity contribution in [1.29, 1.82) is 0 Å². The molecule has 0 saturated carbocycles. The molecule has 0 fully saturated rings. The zero-order chi connectivity index (χ0) is 9.35. The molecule has 0 radical (unpaired) electrons. The van der Waals surface area contributed by atoms with Crippen LogP contribution in [0.4, 0.5) is 4.39 Å². The van der Waals surface area contributed by atoms with Gasteiger partial charge < -0.3 is 0 Å². The smallest absolute Gasteiger partial charge is 0.132 e. The Morgan fingerprint density at radius 1 is 1.42 bits per heavy atom. The quantitative estimate of drug-likeness (QED) is 0.615. The molecule has 0 aliphatic rings. The number of hydrogen-bond donors (Lipinski definition) is 0. The van der Waals surface area contributed by atoms with Crippen LogP contribution in [-0.2, 0) is 5.67 Å². The molecule has 1 nitrogen and oxygen atoms in total. The summed E-state index contributed by atoms with van der Waals surface area (Å²) in [5, 5.41) is 0.403. The molecule has 1 heterocycles. The highest BCUT2D eigenvalue weighted by Crippen LogP contribution is 2.27. The van der Waals surface area contributed by atoms with E-state index in [9.17, 15) is 4.39 Å². The Balaban J connectivity index is 3.19. The van der Waals surface area contributed by atoms with E-state index in [0.717, 1.165) is 0 Å². The number of hydrogen-bond acceptors (Lipinski definition) is 1. The van der Waals surface area contributed by atoms with Gasteiger partial charge in [-0.25, -0.2) is 9.37 Å². The van der Waals surface area contributed by atoms with Gasteiger partial charge in [-0.3, -0.25) is 0 Å². The minimum Gasteiger partial charge on any atom is -0.241 e. The molecule has 0 aromatic carbocycles. The van der Waals surface area contributed by atoms with Crippen LogP contribution in [0.1, 0.15) is 25.1 Å². The Bertz CT molecular complexity index is 291. The van der Waals surface area contributed by atoms with Gasteiger partial charge in [0, 0.05) is 11.3 Å². The summed E-state index contributed by atoms with van der Waals surface area (Å²) in [4.78, 5) is 3.97. The maximum atomic E-state index is 13.4. The third kappa shape index (κ3) is 1.95. The SMILES string of the molecule is Cc1nc(Cl)ccc1C(C)(C)F. The maximum Gasteiger partial charge on any atom is 0.132 e. The van der Waals surface area contributed by atoms with E-state index >= 15 is 0 Å². The Morgan fingerprint density at radius 3 is 2.42 bits per heavy atom. The van der Waals surface area contributed by atoms with Gasteiger partial charge in [-0.05, 0) is 26.8 Å². The Morgan fingerprint density at radius 2 is 2.00 bits per heavy atom. The fourth-order valence-electron chi connectivity index (χ4n) is 1.16. The van der Waals surface area contributed by atoms with Crippen LogP contribution < -0.4 is 0 Å². The van der Waals surface area contributed by atoms with Gasteiger partial charge in [-0.1, -0.05) is 17.7 Å². The zero-order valence-electron chi connectivity index (χ0n) is 7.36. The zero-order valence-corrected chi connectivity index (χ0v) is 8.11. The van der Waals surface area contributed by atoms with Gasteiger partial charge in [0.25, 0.3) is 0 Å². The second-order valence-corrected chi connectivity index (χ2v) is 3.63. The Kier molecular flexibility index (Phi) is 2.38. The topological polar surface area (TPSA) is 12.9 Å². The summed E-state index contributed by atoms with van der Waals surface area (Å²) < 4.78 is 13.4. The van der Waals surface area contributed by atoms with Gasteiger partial charge in [0.15, 0.2) is 0 Å². The molecule has 0 aliphatic heterocycles. The van der Waals surface area contributed by atoms with Crippen molar-refractivity contribution >= 4 is 11.6 Å². The van der Waals surface area contributed by atoms with E-state index in [1.807, 2.05) is 0 Å². The van der Waals surface area contributed by atoms with Crippen molar-refractivity contribution in [3.05, 3.63) is 28.5 Å². The lowest BCUT2D eigenvalue weighted by atomic mass is 9.99. The normalized spacial score (nSPS) is 11.8. The van der Waals surface area contributed by atoms with Crippen molar-refractivity contribution in [2.75, 3.05) is 0 Å². The highest BCUT2D eigenvalue weighted by molar-refractivity contribution is 6.29. The fourth-order valence-corrected chi connectivity index (χ4v) is 1.35. The van der Waals surface area contributed by atoms with E-state index in [1.54, 1.807) is 19.1 Å². The molecule has 0 amide bonds. The maximum absolute atomic E-state index is 13.4. The number of alkyl halides is 1. The Labute approximate surface area is 76.6 Å². The van der Waals surface area contributed by atoms with Gasteiger partial charge in [-0.2, -0.15) is 0 Å². The molecule has 66 valence electrons. The molecule has 0 atom stereocenters. The number of nitrogens with zero attached hydrogens (tertiary/aromatic N) is 1. The van der Waals surface area contributed by atoms with E-state index in [1.165, 1.54) is 13.8 Å². The molecule has 0 spiro atoms. The molecule has 12 heavy (non-hydrogen) atoms. The predicted octanol–water partition coefficient (Wildman–Crippen LogP) is 3.25. The second-order valence-electron chi connectivity index (χ2n) is 3.24. The summed E-state index contributed by atoms with van der Waals surface area (Å²) in [6.45, 7) is 4.76. The number of rotatable bonds is 1. The number of aromatic nitrogens is 1. The van der Waals surface area contributed by atoms with Gasteiger partial charge in [-0.15, -0.1) is 0 Å². The first-order valence-electron chi connectivity index (χ1n) is 3.74. The van der Waals surface area contributed by atoms with Crippen LogP contribution in [0.15, 0.2) is 12.1 Å². The lowest BCUT2D eigenvalue weighted by molar-refractivity contribution is 0.219. The average Bonchev–Trinajstić information content (AvgIpc) is 1.83. The summed E-state index contributed by atoms with van der Waals surface area (Å²) in [5.74, 6) is 0. The van der Waals surface area contributed by atoms with E-state index in [4.69, 9.17) is 11.6 Å². The summed E-state index contributed by atoms with van der Waals surface area (Å²) >= 11 is 5.63. The van der Waals surface area contributed by atoms with Crippen LogP contribution in [0.5, 0.6) is 0 Å². The van der Waals surface area contributed by atoms with Crippen molar-refractivity contribution in [2.24, 2.45) is 0 Å². The molecule has 0 bridgehead atoms. The number of pyridine rings is 1. The molecular formula is C9H11ClFN. The molecule has 1 rings (SSSR count). The summed E-state index contributed by atoms with van der Waals surface area (Å²) in [5.41, 5.74) is -0.108. The van der Waals surface area contributed by atoms with Crippen molar-refractivity contribution in [2.45, 2.75) is 26.4 Å². The monoisotopic (exact) mass is 187 g/mol. The standard InChI is InChI=1S/C9H11ClFN/c1-6-7(9(2,3)11)4-5-8(10)12-6/h4-5H,1-3H3. The second kappa shape index (κ2) is 3.02. The number of aryl methyl sites for hydroxylation is 1. The van der Waals surface area contributed by atoms with Crippen molar-refractivity contribution in [3.8, 4) is 0 Å². The van der Waals surface area contributed by atoms with Crippen LogP contribution >= 0.6 is 11.6 Å². The van der Waals surface area contributed by atoms with Crippen LogP contribution in [-0.4, -0.2) is 4.98 Å². The molecule has 0 aliphatic carbocycles. The Hall–Kier alpha value is -0.630. The van der Waals surface area contributed by atoms with E-state index in [-0.39, 0.29) is 0 Å². The summed E-state index contributed by atoms with van der Waals surface area (Å²) in [6.07, 6.45) is 0. The third-order valence-corrected chi connectivity index (χ3v) is 1.90. The van der Waals surface area contributed by atoms with Crippen LogP contribution in [0.3, 0.4) is 0 Å². The van der Waals surface area contributed by atoms with Gasteiger partial charge in [0.2, 0.25) is 0 Å². The van der Waals surface area contributed by atoms with Crippen molar-refractivity contribution in [3.63, 3.8) is 0 Å². The van der Waals surface area contributed by atoms with E-state index < -0.39 is 5.67 Å². The predicted molar refractivity (Wildman–Crippen MR) is 48.1 cm³/mol. The van der Waals surface area contributed by atoms with Crippen molar-refractivity contribution < 1.29 is 4.39 Å². The minimum atomic E-state index is -1.35. The third-order valence-electron chi connectivity index (χ3n) is 1.69. The molecule has 1 aromatic rings. The van der Waals surface area contributed by atoms with Gasteiger partial charge in [0.1, 0.15) is 10.8 Å². The largest absolute Gasteiger partial charge is 0.241 e. The molecule has 1 aromatic heterocycles. The highest BCUT2D eigenvalue weighted by Gasteiger charge is 2.21. The van der Waals surface area contributed by atoms with E-state index in [0.29, 0.717) is 16.4 Å². The van der Waals surface area contributed by atoms with Gasteiger partial charge in [0.05, 0.1) is 0 Å². The average molecular weight is 188 g/mol. The van der Waals surface area contributed by atoms with Crippen LogP contribution in [0.2, 0.25) is 5.15 Å². The molecule has 3 heteroatoms. The lowest BCUT2D eigenvalue weighted by Crippen LogP contribution is -2.11. The highest BCUT2D eigenvalue weighted by atomic mass is 35.5. The fraction of sp³-hybridized carbons (Fsp3) is 0.444. The van der Waals surface area contributed by atoms with Gasteiger partial charge >= 0.3 is 0 Å². The lowest BCUT2D eigenvalue weighted by Gasteiger charge is -2.16. The first kappa shape index (κ1) is 9.46. The summed E-state index contributed by atoms with van der Waals surface area (Å²) in [7, 11) is 0. The first-order valence-corrected chi connectivity index (χ1v) is 4.11. The van der Waals surface area contributed by atoms with Crippen LogP contribution in [0, 0.1) is 6.92 Å². The van der Waals surface area contributed by atoms with Crippen molar-refractivity contribution in [1.82, 2.24) is 4.98 Å². The van der Waals surface area contributed by atoms with Crippen LogP contribution in [0.25, 0.3) is 0 Å². The molecular weight excluding hydrogens is 177 g/mol. The first-order chi connectivity index (χ1) is 5.41. The molecule has 0 unspecified atom stereocenters. The minimum absolute atomic E-state index is 0.403. The molecule has 0 N–H and O–H groups in total. The van der Waals surface area contributed by atoms with E-state index in [2.05, 4.69) is 4.98 Å². The summed E-state index contributed by atoms with van der Waals surface area (Å²) in [6, 6.07) is 3.27. The molecule has 0 saturated heterocycles. The number of halogens is 2.